The van der Waals surface area contributed by atoms with Gasteiger partial charge in [-0.2, -0.15) is 5.10 Å². The summed E-state index contributed by atoms with van der Waals surface area (Å²) in [6, 6.07) is 5.65. The molecule has 1 fully saturated rings. The van der Waals surface area contributed by atoms with Crippen LogP contribution < -0.4 is 5.32 Å². The van der Waals surface area contributed by atoms with Crippen molar-refractivity contribution in [2.24, 2.45) is 7.05 Å². The van der Waals surface area contributed by atoms with E-state index < -0.39 is 0 Å². The molecule has 1 amide bonds. The SMILES string of the molecule is Cn1cc(-c2ccc3cnc(NC(=O)c4csc(C5CCN(CCF)CC5)n4)cc3n2)cn1. The Hall–Kier alpha value is -3.24. The van der Waals surface area contributed by atoms with Crippen LogP contribution in [-0.2, 0) is 7.05 Å². The Labute approximate surface area is 194 Å². The summed E-state index contributed by atoms with van der Waals surface area (Å²) in [5, 5.41) is 10.7. The lowest BCUT2D eigenvalue weighted by Gasteiger charge is -2.30. The van der Waals surface area contributed by atoms with Crippen molar-refractivity contribution in [3.05, 3.63) is 52.9 Å². The van der Waals surface area contributed by atoms with E-state index in [1.807, 2.05) is 25.4 Å². The fourth-order valence-corrected chi connectivity index (χ4v) is 5.05. The number of pyridine rings is 2. The second kappa shape index (κ2) is 9.32. The van der Waals surface area contributed by atoms with Crippen molar-refractivity contribution in [1.29, 1.82) is 0 Å². The fourth-order valence-electron chi connectivity index (χ4n) is 4.08. The Morgan fingerprint density at radius 1 is 1.24 bits per heavy atom. The molecule has 0 spiro atoms. The Morgan fingerprint density at radius 2 is 2.09 bits per heavy atom. The molecule has 4 aromatic rings. The Morgan fingerprint density at radius 3 is 2.85 bits per heavy atom. The molecule has 1 aliphatic heterocycles. The van der Waals surface area contributed by atoms with Gasteiger partial charge in [-0.25, -0.2) is 19.3 Å². The van der Waals surface area contributed by atoms with Gasteiger partial charge < -0.3 is 10.2 Å². The Kier molecular flexibility index (Phi) is 6.10. The molecule has 0 saturated carbocycles. The van der Waals surface area contributed by atoms with Crippen LogP contribution >= 0.6 is 11.3 Å². The number of piperidine rings is 1. The zero-order chi connectivity index (χ0) is 22.8. The first kappa shape index (κ1) is 21.6. The van der Waals surface area contributed by atoms with E-state index in [1.54, 1.807) is 28.5 Å². The number of rotatable bonds is 6. The highest BCUT2D eigenvalue weighted by Gasteiger charge is 2.24. The van der Waals surface area contributed by atoms with Gasteiger partial charge in [-0.15, -0.1) is 11.3 Å². The number of fused-ring (bicyclic) bond motifs is 1. The number of hydrogen-bond donors (Lipinski definition) is 1. The number of hydrogen-bond acceptors (Lipinski definition) is 7. The second-order valence-corrected chi connectivity index (χ2v) is 9.08. The molecule has 8 nitrogen and oxygen atoms in total. The highest BCUT2D eigenvalue weighted by molar-refractivity contribution is 7.10. The number of anilines is 1. The minimum absolute atomic E-state index is 0.289. The van der Waals surface area contributed by atoms with Gasteiger partial charge in [0.25, 0.3) is 5.91 Å². The van der Waals surface area contributed by atoms with E-state index in [1.165, 1.54) is 11.3 Å². The predicted molar refractivity (Wildman–Crippen MR) is 126 cm³/mol. The number of aryl methyl sites for hydroxylation is 1. The van der Waals surface area contributed by atoms with E-state index in [9.17, 15) is 9.18 Å². The van der Waals surface area contributed by atoms with Crippen molar-refractivity contribution in [3.8, 4) is 11.3 Å². The third-order valence-electron chi connectivity index (χ3n) is 5.91. The molecule has 170 valence electrons. The molecule has 4 aromatic heterocycles. The first-order chi connectivity index (χ1) is 16.1. The minimum atomic E-state index is -0.310. The summed E-state index contributed by atoms with van der Waals surface area (Å²) in [7, 11) is 1.86. The molecule has 5 heterocycles. The van der Waals surface area contributed by atoms with Crippen LogP contribution in [0.3, 0.4) is 0 Å². The van der Waals surface area contributed by atoms with E-state index in [0.29, 0.717) is 24.0 Å². The third-order valence-corrected chi connectivity index (χ3v) is 6.92. The lowest BCUT2D eigenvalue weighted by Crippen LogP contribution is -2.34. The molecule has 0 aliphatic carbocycles. The molecule has 0 atom stereocenters. The zero-order valence-electron chi connectivity index (χ0n) is 18.2. The Bertz CT molecular complexity index is 1280. The molecule has 5 rings (SSSR count). The van der Waals surface area contributed by atoms with Gasteiger partial charge in [0.05, 0.1) is 22.4 Å². The molecule has 0 bridgehead atoms. The van der Waals surface area contributed by atoms with Crippen LogP contribution in [0.1, 0.15) is 34.3 Å². The highest BCUT2D eigenvalue weighted by atomic mass is 32.1. The van der Waals surface area contributed by atoms with Crippen molar-refractivity contribution >= 4 is 34.0 Å². The summed E-state index contributed by atoms with van der Waals surface area (Å²) in [4.78, 5) is 28.6. The number of alkyl halides is 1. The fraction of sp³-hybridized carbons (Fsp3) is 0.348. The van der Waals surface area contributed by atoms with Gasteiger partial charge in [-0.05, 0) is 38.1 Å². The third kappa shape index (κ3) is 4.76. The minimum Gasteiger partial charge on any atom is -0.305 e. The van der Waals surface area contributed by atoms with Crippen LogP contribution in [0, 0.1) is 0 Å². The standard InChI is InChI=1S/C23H24FN7OS/c1-30-13-17(12-26-30)18-3-2-16-11-25-21(10-19(16)27-18)29-22(32)20-14-33-23(28-20)15-4-7-31(8-5-15)9-6-24/h2-3,10-15H,4-9H2,1H3,(H,25,29,32). The normalized spacial score (nSPS) is 15.2. The van der Waals surface area contributed by atoms with Crippen molar-refractivity contribution in [2.45, 2.75) is 18.8 Å². The van der Waals surface area contributed by atoms with Crippen LogP contribution in [-0.4, -0.2) is 61.8 Å². The lowest BCUT2D eigenvalue weighted by molar-refractivity contribution is 0.102. The number of likely N-dealkylation sites (tertiary alicyclic amines) is 1. The summed E-state index contributed by atoms with van der Waals surface area (Å²) in [5.41, 5.74) is 2.86. The Balaban J connectivity index is 1.28. The number of thiazole rings is 1. The average Bonchev–Trinajstić information content (AvgIpc) is 3.49. The summed E-state index contributed by atoms with van der Waals surface area (Å²) in [6.07, 6.45) is 7.24. The predicted octanol–water partition coefficient (Wildman–Crippen LogP) is 3.89. The molecule has 1 aliphatic rings. The first-order valence-electron chi connectivity index (χ1n) is 10.9. The topological polar surface area (TPSA) is 88.8 Å². The van der Waals surface area contributed by atoms with Gasteiger partial charge in [-0.1, -0.05) is 0 Å². The molecule has 0 radical (unpaired) electrons. The molecule has 1 saturated heterocycles. The number of nitrogens with zero attached hydrogens (tertiary/aromatic N) is 6. The monoisotopic (exact) mass is 465 g/mol. The van der Waals surface area contributed by atoms with Crippen molar-refractivity contribution < 1.29 is 9.18 Å². The van der Waals surface area contributed by atoms with E-state index >= 15 is 0 Å². The number of halogens is 1. The van der Waals surface area contributed by atoms with Crippen molar-refractivity contribution in [3.63, 3.8) is 0 Å². The maximum Gasteiger partial charge on any atom is 0.276 e. The van der Waals surface area contributed by atoms with Gasteiger partial charge in [0, 0.05) is 54.3 Å². The number of carbonyl (C=O) groups is 1. The average molecular weight is 466 g/mol. The molecule has 33 heavy (non-hydrogen) atoms. The maximum absolute atomic E-state index is 12.8. The van der Waals surface area contributed by atoms with Gasteiger partial charge in [0.15, 0.2) is 0 Å². The quantitative estimate of drug-likeness (QED) is 0.465. The van der Waals surface area contributed by atoms with E-state index in [-0.39, 0.29) is 12.6 Å². The van der Waals surface area contributed by atoms with Crippen LogP contribution in [0.4, 0.5) is 10.2 Å². The number of carbonyl (C=O) groups excluding carboxylic acids is 1. The van der Waals surface area contributed by atoms with Crippen LogP contribution in [0.25, 0.3) is 22.2 Å². The van der Waals surface area contributed by atoms with E-state index in [4.69, 9.17) is 4.98 Å². The molecule has 0 aromatic carbocycles. The second-order valence-electron chi connectivity index (χ2n) is 8.19. The summed E-state index contributed by atoms with van der Waals surface area (Å²) in [5.74, 6) is 0.460. The molecule has 0 unspecified atom stereocenters. The molecular weight excluding hydrogens is 441 g/mol. The summed E-state index contributed by atoms with van der Waals surface area (Å²) in [6.45, 7) is 1.92. The maximum atomic E-state index is 12.8. The summed E-state index contributed by atoms with van der Waals surface area (Å²) < 4.78 is 14.3. The van der Waals surface area contributed by atoms with Crippen LogP contribution in [0.2, 0.25) is 0 Å². The molecule has 10 heteroatoms. The van der Waals surface area contributed by atoms with Gasteiger partial charge >= 0.3 is 0 Å². The van der Waals surface area contributed by atoms with Crippen LogP contribution in [0.15, 0.2) is 42.2 Å². The van der Waals surface area contributed by atoms with Gasteiger partial charge in [0.2, 0.25) is 0 Å². The summed E-state index contributed by atoms with van der Waals surface area (Å²) >= 11 is 1.51. The molecule has 1 N–H and O–H groups in total. The number of amides is 1. The van der Waals surface area contributed by atoms with Crippen molar-refractivity contribution in [1.82, 2.24) is 29.6 Å². The van der Waals surface area contributed by atoms with E-state index in [2.05, 4.69) is 25.3 Å². The smallest absolute Gasteiger partial charge is 0.276 e. The van der Waals surface area contributed by atoms with Gasteiger partial charge in [-0.3, -0.25) is 9.48 Å². The first-order valence-corrected chi connectivity index (χ1v) is 11.8. The zero-order valence-corrected chi connectivity index (χ0v) is 19.1. The van der Waals surface area contributed by atoms with Crippen molar-refractivity contribution in [2.75, 3.05) is 31.6 Å². The van der Waals surface area contributed by atoms with E-state index in [0.717, 1.165) is 53.1 Å². The number of aromatic nitrogens is 5. The van der Waals surface area contributed by atoms with Gasteiger partial charge in [0.1, 0.15) is 18.2 Å². The number of nitrogens with one attached hydrogen (secondary N) is 1. The lowest BCUT2D eigenvalue weighted by atomic mass is 9.97. The highest BCUT2D eigenvalue weighted by Crippen LogP contribution is 2.30. The van der Waals surface area contributed by atoms with Crippen LogP contribution in [0.5, 0.6) is 0 Å². The molecular formula is C23H24FN7OS. The largest absolute Gasteiger partial charge is 0.305 e.